The highest BCUT2D eigenvalue weighted by Crippen LogP contribution is 2.76. The van der Waals surface area contributed by atoms with Gasteiger partial charge in [0.2, 0.25) is 18.1 Å². The molecule has 12 fully saturated rings. The summed E-state index contributed by atoms with van der Waals surface area (Å²) in [5.74, 6) is -6.83. The molecule has 0 aromatic carbocycles. The van der Waals surface area contributed by atoms with Crippen LogP contribution in [0.1, 0.15) is 172 Å². The highest BCUT2D eigenvalue weighted by atomic mass is 16.8. The lowest BCUT2D eigenvalue weighted by Gasteiger charge is -2.71. The molecule has 2 amide bonds. The average Bonchev–Trinajstić information content (AvgIpc) is 0.921. The van der Waals surface area contributed by atoms with Crippen molar-refractivity contribution in [1.29, 1.82) is 0 Å². The van der Waals surface area contributed by atoms with Gasteiger partial charge in [0.1, 0.15) is 152 Å². The molecule has 26 N–H and O–H groups in total. The SMILES string of the molecule is CC[C@H](C)C(C[C@H](O)CC(=O)N[C@H](C[C@@H](O)CC(=O)N[C@@H]1[C@H](O)[C@@H](O[C@@H]2O[C@@H](C)[C@H](O[C@H]3OC[C@@H](O)[C@H](O[C@H]4OC[C@](O)(CO)[C@H]4O)[C@H]3O)[C@@H](O)[C@H]2O)[C@H](OC(=O)[C@]23CCC(C)(C)CC2C2=CCC4[C@@]5(C)CC[C@H](O[C@@H]6O[C@H](C(=O)O)[C@@H](O)[C@H](O[C@@H]7OC[C@@H](O)[C@H](O)[C@H]7O)[C@H]6O[C@H]6O[C@H](CO)[C@H](O)[C@H](O)[C@H]6O)[C@@](C)(C=O)C5CC[C@@]4(C)[C@]2(C)C[C@H]3O)O[C@@H]1CO)[C@@H](C)CC)O[C@@H]1O[C@@H](CO)[C@H](O)[C@H]1O. The number of ether oxygens (including phenoxy) is 16. The molecule has 139 heavy (non-hydrogen) atoms. The smallest absolute Gasteiger partial charge is 0.335 e. The second kappa shape index (κ2) is 44.7. The van der Waals surface area contributed by atoms with Crippen molar-refractivity contribution in [3.8, 4) is 0 Å². The molecule has 8 heterocycles. The van der Waals surface area contributed by atoms with Crippen molar-refractivity contribution in [2.45, 2.75) is 424 Å². The lowest BCUT2D eigenvalue weighted by Crippen LogP contribution is -2.70. The Morgan fingerprint density at radius 3 is 1.73 bits per heavy atom. The standard InChI is InChI=1S/C92H150N2O45/c1-12-36(3)43(93-54(105)25-40(101)23-46(37(4)13-2)128-80-64(114)59(109)49(30-97)130-80)22-39(100)24-55(106)94-56-47(28-95)129-82(73(60(56)110)137-79-66(116)62(112)69(38(5)127-79)133-78-68(118)70(45(103)32-125-78)134-84-75(119)91(123,34-99)35-126-84)139-85(122)92-21-20-86(6,7)26-42(92)41-14-15-51-87(8)18-17-53(88(9,33-98)50(87)16-19-89(51,10)90(41,11)27-52(92)104)132-83-74(138-81-65(115)61(111)58(108)48(29-96)131-81)71(67(117)72(136-83)76(120)121)135-77-63(113)57(107)44(102)31-124-77/h14,33,36-40,42-53,56-75,77-84,95-97,99-104,107-119,123H,12-13,15-32,34-35H2,1-11H3,(H,93,105)(H,94,106)(H,120,121)/t36-,37-,38-,39+,40-,42?,43+,44+,45+,46?,47+,48+,49-,50?,51?,52+,53-,56-,57-,58-,59-,60-,61-,62-,63+,64+,65+,66+,67-,68+,69-,70-,71-,72-,73+,74+,75-,77-,78+,79-,80+,81+,82-,83+,84+,87-,88-,89+,90+,91+,92+/m0/s1. The number of rotatable bonds is 36. The fourth-order valence-electron chi connectivity index (χ4n) is 24.5. The number of aliphatic carboxylic acids is 1. The Hall–Kier alpha value is -4.23. The molecule has 4 unspecified atom stereocenters. The molecule has 47 nitrogen and oxygen atoms in total. The van der Waals surface area contributed by atoms with E-state index >= 15 is 4.79 Å². The zero-order chi connectivity index (χ0) is 102. The van der Waals surface area contributed by atoms with Crippen molar-refractivity contribution < 1.29 is 222 Å². The number of esters is 1. The summed E-state index contributed by atoms with van der Waals surface area (Å²) >= 11 is 0. The second-order valence-corrected chi connectivity index (χ2v) is 42.9. The van der Waals surface area contributed by atoms with Gasteiger partial charge in [-0.1, -0.05) is 93.7 Å². The van der Waals surface area contributed by atoms with Gasteiger partial charge in [-0.25, -0.2) is 4.79 Å². The van der Waals surface area contributed by atoms with Gasteiger partial charge in [-0.3, -0.25) is 14.4 Å². The minimum atomic E-state index is -2.27. The van der Waals surface area contributed by atoms with E-state index in [1.54, 1.807) is 13.8 Å². The number of carboxylic acids is 1. The monoisotopic (exact) mass is 2000 g/mol. The van der Waals surface area contributed by atoms with Gasteiger partial charge < -0.3 is 214 Å². The summed E-state index contributed by atoms with van der Waals surface area (Å²) in [6, 6.07) is -2.60. The van der Waals surface area contributed by atoms with E-state index in [2.05, 4.69) is 30.6 Å². The first kappa shape index (κ1) is 112. The summed E-state index contributed by atoms with van der Waals surface area (Å²) in [5.41, 5.74) is -7.86. The summed E-state index contributed by atoms with van der Waals surface area (Å²) < 4.78 is 96.5. The van der Waals surface area contributed by atoms with E-state index in [4.69, 9.17) is 75.8 Å². The summed E-state index contributed by atoms with van der Waals surface area (Å²) in [5, 5.41) is 273. The minimum Gasteiger partial charge on any atom is -0.479 e. The average molecular weight is 2000 g/mol. The first-order valence-electron chi connectivity index (χ1n) is 48.6. The van der Waals surface area contributed by atoms with Gasteiger partial charge in [0.25, 0.3) is 0 Å². The molecular formula is C92H150N2O45. The van der Waals surface area contributed by atoms with Crippen LogP contribution in [0.15, 0.2) is 11.6 Å². The van der Waals surface area contributed by atoms with Gasteiger partial charge in [0.05, 0.1) is 107 Å². The molecule has 0 bridgehead atoms. The highest BCUT2D eigenvalue weighted by Gasteiger charge is 2.74. The Bertz CT molecular complexity index is 4130. The van der Waals surface area contributed by atoms with E-state index in [0.29, 0.717) is 44.9 Å². The Morgan fingerprint density at radius 2 is 1.10 bits per heavy atom. The Balaban J connectivity index is 0.754. The van der Waals surface area contributed by atoms with Crippen molar-refractivity contribution in [3.63, 3.8) is 0 Å². The fraction of sp³-hybridized carbons (Fsp3) is 0.924. The van der Waals surface area contributed by atoms with Crippen LogP contribution in [0.3, 0.4) is 0 Å². The zero-order valence-corrected chi connectivity index (χ0v) is 80.0. The number of aldehydes is 1. The maximum atomic E-state index is 16.4. The van der Waals surface area contributed by atoms with Crippen molar-refractivity contribution in [1.82, 2.24) is 10.6 Å². The van der Waals surface area contributed by atoms with Crippen molar-refractivity contribution in [2.24, 2.45) is 62.1 Å². The van der Waals surface area contributed by atoms with Crippen LogP contribution in [-0.2, 0) is 99.8 Å². The van der Waals surface area contributed by atoms with Gasteiger partial charge in [-0.15, -0.1) is 0 Å². The number of carbonyl (C=O) groups is 5. The topological polar surface area (TPSA) is 743 Å². The fourth-order valence-corrected chi connectivity index (χ4v) is 24.5. The molecule has 8 aliphatic heterocycles. The van der Waals surface area contributed by atoms with E-state index in [0.717, 1.165) is 11.9 Å². The van der Waals surface area contributed by atoms with Crippen LogP contribution in [0.4, 0.5) is 0 Å². The predicted molar refractivity (Wildman–Crippen MR) is 464 cm³/mol. The van der Waals surface area contributed by atoms with Crippen LogP contribution in [-0.4, -0.2) is 450 Å². The predicted octanol–water partition coefficient (Wildman–Crippen LogP) is -7.57. The van der Waals surface area contributed by atoms with Crippen LogP contribution in [0.5, 0.6) is 0 Å². The van der Waals surface area contributed by atoms with Gasteiger partial charge in [0, 0.05) is 12.5 Å². The molecule has 0 spiro atoms. The van der Waals surface area contributed by atoms with E-state index < -0.39 is 378 Å². The number of amides is 2. The number of fused-ring (bicyclic) bond motifs is 7. The lowest BCUT2D eigenvalue weighted by molar-refractivity contribution is -0.391. The van der Waals surface area contributed by atoms with Crippen molar-refractivity contribution in [3.05, 3.63) is 11.6 Å². The number of nitrogens with one attached hydrogen (secondary N) is 2. The molecule has 0 aromatic rings. The first-order chi connectivity index (χ1) is 65.3. The second-order valence-electron chi connectivity index (χ2n) is 42.9. The summed E-state index contributed by atoms with van der Waals surface area (Å²) in [6.45, 7) is 15.2. The number of hydrogen-bond donors (Lipinski definition) is 26. The number of carboxylic acid groups (broad SMARTS) is 1. The van der Waals surface area contributed by atoms with Gasteiger partial charge in [0.15, 0.2) is 56.2 Å². The first-order valence-corrected chi connectivity index (χ1v) is 48.6. The number of hydrogen-bond acceptors (Lipinski definition) is 44. The molecule has 0 radical (unpaired) electrons. The third kappa shape index (κ3) is 21.8. The Kier molecular flexibility index (Phi) is 36.0. The molecule has 4 saturated carbocycles. The van der Waals surface area contributed by atoms with E-state index in [-0.39, 0.29) is 56.3 Å². The van der Waals surface area contributed by atoms with Crippen LogP contribution in [0, 0.1) is 62.1 Å². The number of aliphatic hydroxyl groups excluding tert-OH is 22. The van der Waals surface area contributed by atoms with Crippen LogP contribution in [0.2, 0.25) is 0 Å². The van der Waals surface area contributed by atoms with Gasteiger partial charge >= 0.3 is 11.9 Å². The lowest BCUT2D eigenvalue weighted by atomic mass is 9.33. The van der Waals surface area contributed by atoms with Gasteiger partial charge in [-0.2, -0.15) is 0 Å². The molecule has 5 aliphatic carbocycles. The molecule has 47 heteroatoms. The highest BCUT2D eigenvalue weighted by molar-refractivity contribution is 5.80. The summed E-state index contributed by atoms with van der Waals surface area (Å²) in [4.78, 5) is 72.4. The number of allylic oxidation sites excluding steroid dienone is 2. The Morgan fingerprint density at radius 1 is 0.532 bits per heavy atom. The van der Waals surface area contributed by atoms with E-state index in [1.807, 2.05) is 41.5 Å². The normalized spacial score (nSPS) is 48.5. The molecule has 0 aromatic heterocycles. The minimum absolute atomic E-state index is 0.0183. The Labute approximate surface area is 803 Å². The van der Waals surface area contributed by atoms with Crippen molar-refractivity contribution in [2.75, 3.05) is 46.2 Å². The third-order valence-corrected chi connectivity index (χ3v) is 33.6. The maximum absolute atomic E-state index is 16.4. The van der Waals surface area contributed by atoms with Gasteiger partial charge in [-0.05, 0) is 122 Å². The largest absolute Gasteiger partial charge is 0.479 e. The van der Waals surface area contributed by atoms with E-state index in [9.17, 15) is 142 Å². The molecule has 13 rings (SSSR count). The van der Waals surface area contributed by atoms with Crippen LogP contribution in [0.25, 0.3) is 0 Å². The van der Waals surface area contributed by atoms with Crippen LogP contribution >= 0.6 is 0 Å². The molecular weight excluding hydrogens is 1850 g/mol. The maximum Gasteiger partial charge on any atom is 0.335 e. The zero-order valence-electron chi connectivity index (χ0n) is 80.0. The van der Waals surface area contributed by atoms with Crippen LogP contribution < -0.4 is 10.6 Å². The number of carbonyl (C=O) groups excluding carboxylic acids is 4. The molecule has 13 aliphatic rings. The molecule has 51 atom stereocenters. The molecule has 8 saturated heterocycles. The van der Waals surface area contributed by atoms with Crippen molar-refractivity contribution >= 4 is 30.0 Å². The van der Waals surface area contributed by atoms with E-state index in [1.165, 1.54) is 6.92 Å². The number of aliphatic hydroxyl groups is 23. The summed E-state index contributed by atoms with van der Waals surface area (Å²) in [6.07, 6.45) is -64.0. The third-order valence-electron chi connectivity index (χ3n) is 33.6. The molecule has 798 valence electrons. The quantitative estimate of drug-likeness (QED) is 0.0120. The summed E-state index contributed by atoms with van der Waals surface area (Å²) in [7, 11) is 0.